The third kappa shape index (κ3) is 6.10. The van der Waals surface area contributed by atoms with Gasteiger partial charge in [0.2, 0.25) is 11.8 Å². The van der Waals surface area contributed by atoms with Gasteiger partial charge in [0.1, 0.15) is 13.2 Å². The summed E-state index contributed by atoms with van der Waals surface area (Å²) < 4.78 is 5.30. The lowest BCUT2D eigenvalue weighted by molar-refractivity contribution is -0.137. The largest absolute Gasteiger partial charge is 0.368 e. The quantitative estimate of drug-likeness (QED) is 0.752. The van der Waals surface area contributed by atoms with Gasteiger partial charge in [0.25, 0.3) is 0 Å². The number of benzene rings is 2. The highest BCUT2D eigenvalue weighted by Crippen LogP contribution is 2.21. The summed E-state index contributed by atoms with van der Waals surface area (Å²) in [6, 6.07) is 13.0. The fourth-order valence-electron chi connectivity index (χ4n) is 3.08. The molecule has 0 radical (unpaired) electrons. The van der Waals surface area contributed by atoms with Crippen LogP contribution < -0.4 is 10.2 Å². The van der Waals surface area contributed by atoms with Crippen LogP contribution in [0.1, 0.15) is 5.56 Å². The molecule has 0 aromatic heterocycles. The first-order chi connectivity index (χ1) is 13.9. The van der Waals surface area contributed by atoms with E-state index in [9.17, 15) is 9.59 Å². The number of nitrogens with one attached hydrogen (secondary N) is 1. The summed E-state index contributed by atoms with van der Waals surface area (Å²) in [7, 11) is 0. The van der Waals surface area contributed by atoms with Gasteiger partial charge in [-0.2, -0.15) is 0 Å². The van der Waals surface area contributed by atoms with Crippen molar-refractivity contribution in [3.63, 3.8) is 0 Å². The summed E-state index contributed by atoms with van der Waals surface area (Å²) in [5.41, 5.74) is 2.58. The number of anilines is 2. The number of hydrogen-bond acceptors (Lipinski definition) is 4. The van der Waals surface area contributed by atoms with E-state index in [-0.39, 0.29) is 25.0 Å². The standard InChI is InChI=1S/C21H23Cl2N3O3/c1-15-5-6-17(12-19(15)23)24-20(27)13-29-14-21(28)26-9-7-25(8-10-26)18-4-2-3-16(22)11-18/h2-6,11-12H,7-10,13-14H2,1H3,(H,24,27). The molecule has 2 aromatic carbocycles. The van der Waals surface area contributed by atoms with Crippen LogP contribution >= 0.6 is 23.2 Å². The molecule has 0 saturated carbocycles. The first-order valence-electron chi connectivity index (χ1n) is 9.34. The third-order valence-corrected chi connectivity index (χ3v) is 5.36. The molecule has 0 unspecified atom stereocenters. The molecule has 0 bridgehead atoms. The van der Waals surface area contributed by atoms with Gasteiger partial charge in [-0.05, 0) is 42.8 Å². The highest BCUT2D eigenvalue weighted by Gasteiger charge is 2.21. The molecule has 8 heteroatoms. The Kier molecular flexibility index (Phi) is 7.36. The lowest BCUT2D eigenvalue weighted by Crippen LogP contribution is -2.49. The Morgan fingerprint density at radius 1 is 1.03 bits per heavy atom. The maximum atomic E-state index is 12.3. The molecule has 1 saturated heterocycles. The summed E-state index contributed by atoms with van der Waals surface area (Å²) in [4.78, 5) is 28.2. The van der Waals surface area contributed by atoms with Crippen molar-refractivity contribution in [1.82, 2.24) is 4.90 Å². The van der Waals surface area contributed by atoms with Crippen molar-refractivity contribution >= 4 is 46.4 Å². The average molecular weight is 436 g/mol. The van der Waals surface area contributed by atoms with Crippen molar-refractivity contribution in [1.29, 1.82) is 0 Å². The van der Waals surface area contributed by atoms with Crippen LogP contribution in [0.5, 0.6) is 0 Å². The van der Waals surface area contributed by atoms with Crippen LogP contribution in [0.4, 0.5) is 11.4 Å². The fraction of sp³-hybridized carbons (Fsp3) is 0.333. The van der Waals surface area contributed by atoms with E-state index in [4.69, 9.17) is 27.9 Å². The monoisotopic (exact) mass is 435 g/mol. The summed E-state index contributed by atoms with van der Waals surface area (Å²) in [5.74, 6) is -0.453. The highest BCUT2D eigenvalue weighted by atomic mass is 35.5. The Morgan fingerprint density at radius 3 is 2.48 bits per heavy atom. The second kappa shape index (κ2) is 9.96. The molecule has 6 nitrogen and oxygen atoms in total. The topological polar surface area (TPSA) is 61.9 Å². The van der Waals surface area contributed by atoms with Crippen molar-refractivity contribution in [2.45, 2.75) is 6.92 Å². The van der Waals surface area contributed by atoms with Crippen LogP contribution in [0.15, 0.2) is 42.5 Å². The molecular weight excluding hydrogens is 413 g/mol. The van der Waals surface area contributed by atoms with Gasteiger partial charge < -0.3 is 19.9 Å². The normalized spacial score (nSPS) is 14.0. The van der Waals surface area contributed by atoms with Crippen LogP contribution in [0.2, 0.25) is 10.0 Å². The fourth-order valence-corrected chi connectivity index (χ4v) is 3.44. The van der Waals surface area contributed by atoms with Gasteiger partial charge in [-0.25, -0.2) is 0 Å². The zero-order chi connectivity index (χ0) is 20.8. The van der Waals surface area contributed by atoms with E-state index < -0.39 is 0 Å². The van der Waals surface area contributed by atoms with E-state index in [1.165, 1.54) is 0 Å². The Morgan fingerprint density at radius 2 is 1.79 bits per heavy atom. The van der Waals surface area contributed by atoms with E-state index in [0.29, 0.717) is 28.8 Å². The van der Waals surface area contributed by atoms with Crippen molar-refractivity contribution < 1.29 is 14.3 Å². The van der Waals surface area contributed by atoms with E-state index in [0.717, 1.165) is 24.3 Å². The molecule has 2 aromatic rings. The number of ether oxygens (including phenoxy) is 1. The maximum absolute atomic E-state index is 12.3. The third-order valence-electron chi connectivity index (χ3n) is 4.72. The van der Waals surface area contributed by atoms with E-state index in [1.807, 2.05) is 37.3 Å². The lowest BCUT2D eigenvalue weighted by Gasteiger charge is -2.36. The zero-order valence-corrected chi connectivity index (χ0v) is 17.7. The van der Waals surface area contributed by atoms with E-state index in [2.05, 4.69) is 10.2 Å². The first kappa shape index (κ1) is 21.4. The molecule has 0 spiro atoms. The second-order valence-electron chi connectivity index (χ2n) is 6.85. The summed E-state index contributed by atoms with van der Waals surface area (Å²) in [6.07, 6.45) is 0. The Hall–Kier alpha value is -2.28. The summed E-state index contributed by atoms with van der Waals surface area (Å²) in [5, 5.41) is 3.98. The lowest BCUT2D eigenvalue weighted by atomic mass is 10.2. The zero-order valence-electron chi connectivity index (χ0n) is 16.2. The minimum atomic E-state index is -0.330. The predicted molar refractivity (Wildman–Crippen MR) is 116 cm³/mol. The number of piperazine rings is 1. The van der Waals surface area contributed by atoms with Gasteiger partial charge in [0, 0.05) is 47.6 Å². The van der Waals surface area contributed by atoms with Crippen molar-refractivity contribution in [2.24, 2.45) is 0 Å². The van der Waals surface area contributed by atoms with Crippen molar-refractivity contribution in [2.75, 3.05) is 49.6 Å². The van der Waals surface area contributed by atoms with Crippen LogP contribution in [0.3, 0.4) is 0 Å². The number of carbonyl (C=O) groups is 2. The smallest absolute Gasteiger partial charge is 0.250 e. The van der Waals surface area contributed by atoms with Crippen LogP contribution in [-0.2, 0) is 14.3 Å². The molecule has 1 aliphatic heterocycles. The van der Waals surface area contributed by atoms with Crippen LogP contribution in [-0.4, -0.2) is 56.1 Å². The molecule has 3 rings (SSSR count). The molecule has 154 valence electrons. The van der Waals surface area contributed by atoms with Gasteiger partial charge in [0.05, 0.1) is 0 Å². The number of nitrogens with zero attached hydrogens (tertiary/aromatic N) is 2. The maximum Gasteiger partial charge on any atom is 0.250 e. The Labute approximate surface area is 180 Å². The number of aryl methyl sites for hydroxylation is 1. The number of carbonyl (C=O) groups excluding carboxylic acids is 2. The van der Waals surface area contributed by atoms with E-state index in [1.54, 1.807) is 17.0 Å². The predicted octanol–water partition coefficient (Wildman–Crippen LogP) is 3.61. The Bertz CT molecular complexity index is 883. The molecule has 1 fully saturated rings. The van der Waals surface area contributed by atoms with Crippen molar-refractivity contribution in [3.8, 4) is 0 Å². The molecule has 0 aliphatic carbocycles. The highest BCUT2D eigenvalue weighted by molar-refractivity contribution is 6.31. The number of hydrogen-bond donors (Lipinski definition) is 1. The second-order valence-corrected chi connectivity index (χ2v) is 7.70. The SMILES string of the molecule is Cc1ccc(NC(=O)COCC(=O)N2CCN(c3cccc(Cl)c3)CC2)cc1Cl. The first-order valence-corrected chi connectivity index (χ1v) is 10.1. The molecule has 2 amide bonds. The van der Waals surface area contributed by atoms with Gasteiger partial charge in [-0.15, -0.1) is 0 Å². The number of halogens is 2. The summed E-state index contributed by atoms with van der Waals surface area (Å²) >= 11 is 12.1. The molecule has 29 heavy (non-hydrogen) atoms. The van der Waals surface area contributed by atoms with Gasteiger partial charge >= 0.3 is 0 Å². The van der Waals surface area contributed by atoms with Gasteiger partial charge in [0.15, 0.2) is 0 Å². The Balaban J connectivity index is 1.38. The number of amides is 2. The molecule has 1 heterocycles. The molecule has 1 N–H and O–H groups in total. The minimum absolute atomic E-state index is 0.123. The molecular formula is C21H23Cl2N3O3. The van der Waals surface area contributed by atoms with Crippen molar-refractivity contribution in [3.05, 3.63) is 58.1 Å². The van der Waals surface area contributed by atoms with E-state index >= 15 is 0 Å². The van der Waals surface area contributed by atoms with Gasteiger partial charge in [-0.1, -0.05) is 35.3 Å². The van der Waals surface area contributed by atoms with Crippen LogP contribution in [0.25, 0.3) is 0 Å². The molecule has 0 atom stereocenters. The average Bonchev–Trinajstić information content (AvgIpc) is 2.71. The van der Waals surface area contributed by atoms with Gasteiger partial charge in [-0.3, -0.25) is 9.59 Å². The van der Waals surface area contributed by atoms with Crippen LogP contribution in [0, 0.1) is 6.92 Å². The minimum Gasteiger partial charge on any atom is -0.368 e. The molecule has 1 aliphatic rings. The summed E-state index contributed by atoms with van der Waals surface area (Å²) in [6.45, 7) is 4.21. The number of rotatable bonds is 6.